The van der Waals surface area contributed by atoms with Crippen molar-refractivity contribution in [3.63, 3.8) is 0 Å². The van der Waals surface area contributed by atoms with E-state index < -0.39 is 367 Å². The maximum Gasteiger partial charge on any atom is 0.340 e. The van der Waals surface area contributed by atoms with Gasteiger partial charge in [-0.3, -0.25) is 0 Å². The molecule has 9 aromatic rings. The summed E-state index contributed by atoms with van der Waals surface area (Å²) in [6.07, 6.45) is -28.1. The van der Waals surface area contributed by atoms with Crippen molar-refractivity contribution < 1.29 is 234 Å². The molecule has 0 unspecified atom stereocenters. The first-order valence-electron chi connectivity index (χ1n) is 33.9. The van der Waals surface area contributed by atoms with Crippen molar-refractivity contribution in [2.45, 2.75) is 61.0 Å². The van der Waals surface area contributed by atoms with Crippen LogP contribution in [0.25, 0.3) is 22.3 Å². The topological polar surface area (TPSA) is 812 Å². The van der Waals surface area contributed by atoms with E-state index in [-0.39, 0.29) is 18.2 Å². The van der Waals surface area contributed by atoms with Gasteiger partial charge >= 0.3 is 53.7 Å². The van der Waals surface area contributed by atoms with Gasteiger partial charge in [0.1, 0.15) is 25.4 Å². The number of cyclic esters (lactones) is 3. The molecule has 47 nitrogen and oxygen atoms in total. The van der Waals surface area contributed by atoms with E-state index in [2.05, 4.69) is 0 Å². The number of carbonyl (C=O) groups is 9. The zero-order valence-corrected chi connectivity index (χ0v) is 59.9. The van der Waals surface area contributed by atoms with E-state index >= 15 is 19.2 Å². The fraction of sp³-hybridized carbons (Fsp3) is 0.160. The van der Waals surface area contributed by atoms with E-state index in [0.717, 1.165) is 0 Å². The molecular formula is C75H54O47. The average Bonchev–Trinajstić information content (AvgIpc) is 0.717. The second-order valence-corrected chi connectivity index (χ2v) is 26.7. The monoisotopic (exact) mass is 1710 g/mol. The number of phenols is 27. The number of aromatic hydroxyl groups is 27. The zero-order chi connectivity index (χ0) is 89.2. The van der Waals surface area contributed by atoms with E-state index in [1.807, 2.05) is 0 Å². The number of aliphatic hydroxyl groups excluding tert-OH is 1. The number of hydrogen-bond acceptors (Lipinski definition) is 47. The van der Waals surface area contributed by atoms with Gasteiger partial charge in [-0.15, -0.1) is 0 Å². The third kappa shape index (κ3) is 13.9. The third-order valence-electron chi connectivity index (χ3n) is 19.3. The molecule has 13 rings (SSSR count). The van der Waals surface area contributed by atoms with Gasteiger partial charge in [0.15, 0.2) is 157 Å². The van der Waals surface area contributed by atoms with Crippen LogP contribution in [0.5, 0.6) is 155 Å². The number of fused-ring (bicyclic) bond motifs is 7. The molecule has 10 atom stereocenters. The largest absolute Gasteiger partial charge is 0.504 e. The summed E-state index contributed by atoms with van der Waals surface area (Å²) in [7, 11) is 0. The molecule has 0 radical (unpaired) electrons. The Bertz CT molecular complexity index is 5990. The van der Waals surface area contributed by atoms with Crippen LogP contribution in [0.15, 0.2) is 72.8 Å². The Labute approximate surface area is 670 Å². The smallest absolute Gasteiger partial charge is 0.340 e. The summed E-state index contributed by atoms with van der Waals surface area (Å²) in [5.74, 6) is -63.6. The molecule has 0 amide bonds. The van der Waals surface area contributed by atoms with Crippen LogP contribution in [-0.2, 0) is 47.4 Å². The number of ether oxygens (including phenoxy) is 10. The van der Waals surface area contributed by atoms with Gasteiger partial charge in [-0.2, -0.15) is 0 Å². The van der Waals surface area contributed by atoms with Crippen LogP contribution < -0.4 is 0 Å². The van der Waals surface area contributed by atoms with Gasteiger partial charge in [-0.1, -0.05) is 0 Å². The number of esters is 9. The van der Waals surface area contributed by atoms with Crippen molar-refractivity contribution >= 4 is 53.7 Å². The summed E-state index contributed by atoms with van der Waals surface area (Å²) in [4.78, 5) is 135. The van der Waals surface area contributed by atoms with E-state index in [4.69, 9.17) is 47.4 Å². The van der Waals surface area contributed by atoms with Crippen molar-refractivity contribution in [2.75, 3.05) is 13.2 Å². The second kappa shape index (κ2) is 30.4. The molecular weight excluding hydrogens is 1650 g/mol. The normalized spacial score (nSPS) is 19.7. The Morgan fingerprint density at radius 3 is 1.08 bits per heavy atom. The molecule has 0 aliphatic carbocycles. The first-order valence-corrected chi connectivity index (χ1v) is 33.9. The van der Waals surface area contributed by atoms with Crippen LogP contribution >= 0.6 is 0 Å². The standard InChI is InChI=1S/C75H54O47/c76-23-1-15(2-24(77)45(23)89)66(104)114-14-36-61(117-67(105)16-3-25(78)46(90)26(79)4-16)64(65(121-68(106)17-5-27(80)47(91)28(81)6-17)75(115-36)122-69(107)18-7-29(82)48(92)30(83)8-18)120-73(111)22-12-34(87)52(96)56(100)40(22)43-42-44-41(57(101)59(103)58(42)102)39-21(11-33(86)51(95)55(39)99)72(110)119-63(62(43)118-74(44)112)60-35(88)13-113-70(108)19-9-31(84)49(93)53(97)37(19)38-20(71(109)116-60)10-32(85)50(94)54(38)98/h1-12,35-36,43,60-65,75-103H,13-14H2/t35-,36+,43+,60-,61+,62+,63-,64-,65+,75-/m0/s1. The molecule has 1 saturated heterocycles. The van der Waals surface area contributed by atoms with Gasteiger partial charge in [0.25, 0.3) is 0 Å². The Kier molecular flexibility index (Phi) is 20.6. The highest BCUT2D eigenvalue weighted by atomic mass is 16.8. The number of hydrogen-bond donors (Lipinski definition) is 28. The number of phenolic OH excluding ortho intramolecular Hbond substituents is 27. The van der Waals surface area contributed by atoms with E-state index in [1.165, 1.54) is 0 Å². The molecule has 4 aliphatic heterocycles. The minimum absolute atomic E-state index is 0.00338. The maximum atomic E-state index is 16.4. The number of aliphatic hydroxyl groups is 1. The van der Waals surface area contributed by atoms with Crippen LogP contribution in [0.3, 0.4) is 0 Å². The lowest BCUT2D eigenvalue weighted by Gasteiger charge is -2.44. The van der Waals surface area contributed by atoms with Crippen LogP contribution in [0.2, 0.25) is 0 Å². The quantitative estimate of drug-likeness (QED) is 0.0448. The highest BCUT2D eigenvalue weighted by Gasteiger charge is 2.59. The lowest BCUT2D eigenvalue weighted by molar-refractivity contribution is -0.282. The molecule has 4 heterocycles. The first-order chi connectivity index (χ1) is 57.3. The van der Waals surface area contributed by atoms with Gasteiger partial charge in [0.05, 0.1) is 56.0 Å². The maximum absolute atomic E-state index is 16.4. The summed E-state index contributed by atoms with van der Waals surface area (Å²) >= 11 is 0. The third-order valence-corrected chi connectivity index (χ3v) is 19.3. The highest BCUT2D eigenvalue weighted by Crippen LogP contribution is 2.62. The average molecular weight is 1710 g/mol. The van der Waals surface area contributed by atoms with Gasteiger partial charge in [-0.05, 0) is 72.8 Å². The van der Waals surface area contributed by atoms with Gasteiger partial charge < -0.3 is 190 Å². The molecule has 0 spiro atoms. The van der Waals surface area contributed by atoms with Gasteiger partial charge in [0, 0.05) is 33.4 Å². The van der Waals surface area contributed by atoms with Crippen molar-refractivity contribution in [1.82, 2.24) is 0 Å². The number of benzene rings is 9. The molecule has 0 saturated carbocycles. The molecule has 28 N–H and O–H groups in total. The van der Waals surface area contributed by atoms with Crippen molar-refractivity contribution in [3.05, 3.63) is 134 Å². The molecule has 9 aromatic carbocycles. The van der Waals surface area contributed by atoms with E-state index in [9.17, 15) is 167 Å². The van der Waals surface area contributed by atoms with Crippen LogP contribution in [0, 0.1) is 0 Å². The molecule has 636 valence electrons. The summed E-state index contributed by atoms with van der Waals surface area (Å²) in [5.41, 5.74) is -20.7. The van der Waals surface area contributed by atoms with Crippen molar-refractivity contribution in [1.29, 1.82) is 0 Å². The lowest BCUT2D eigenvalue weighted by Crippen LogP contribution is -2.63. The molecule has 1 fully saturated rings. The Balaban J connectivity index is 1.08. The zero-order valence-electron chi connectivity index (χ0n) is 59.9. The van der Waals surface area contributed by atoms with Crippen LogP contribution in [0.4, 0.5) is 0 Å². The first kappa shape index (κ1) is 82.7. The Morgan fingerprint density at radius 1 is 0.303 bits per heavy atom. The van der Waals surface area contributed by atoms with Gasteiger partial charge in [0.2, 0.25) is 41.1 Å². The van der Waals surface area contributed by atoms with Crippen molar-refractivity contribution in [3.8, 4) is 177 Å². The Morgan fingerprint density at radius 2 is 0.639 bits per heavy atom. The fourth-order valence-corrected chi connectivity index (χ4v) is 13.6. The Hall–Kier alpha value is -17.3. The van der Waals surface area contributed by atoms with Gasteiger partial charge in [-0.25, -0.2) is 43.2 Å². The number of rotatable bonds is 13. The van der Waals surface area contributed by atoms with E-state index in [0.29, 0.717) is 54.6 Å². The lowest BCUT2D eigenvalue weighted by atomic mass is 9.73. The second-order valence-electron chi connectivity index (χ2n) is 26.7. The molecule has 2 bridgehead atoms. The van der Waals surface area contributed by atoms with Crippen LogP contribution in [-0.4, -0.2) is 265 Å². The predicted molar refractivity (Wildman–Crippen MR) is 379 cm³/mol. The molecule has 122 heavy (non-hydrogen) atoms. The van der Waals surface area contributed by atoms with E-state index in [1.54, 1.807) is 0 Å². The molecule has 47 heteroatoms. The summed E-state index contributed by atoms with van der Waals surface area (Å²) in [6.45, 7) is -3.42. The molecule has 0 aromatic heterocycles. The van der Waals surface area contributed by atoms with Crippen molar-refractivity contribution in [2.24, 2.45) is 0 Å². The van der Waals surface area contributed by atoms with Crippen LogP contribution in [0.1, 0.15) is 110 Å². The highest BCUT2D eigenvalue weighted by molar-refractivity contribution is 6.12. The molecule has 4 aliphatic rings. The minimum atomic E-state index is -3.33. The fourth-order valence-electron chi connectivity index (χ4n) is 13.6. The summed E-state index contributed by atoms with van der Waals surface area (Å²) < 4.78 is 57.3. The minimum Gasteiger partial charge on any atom is -0.504 e. The summed E-state index contributed by atoms with van der Waals surface area (Å²) in [5, 5.41) is 311. The SMILES string of the molecule is O=C(OC[C@H]1O[C@@H](OC(=O)c2cc(O)c(O)c(O)c2)[C@H](OC(=O)c2cc(O)c(O)c(O)c2)[C@@H](OC(=O)c2cc(O)c(O)c(O)c2[C@@H]2c3c(O)c(O)c(O)c4c3C(=O)O[C@H]2[C@H]([C@H]2OC(=O)c3cc(O)c(O)c(O)c3-c3c(cc(O)c(O)c3O)C(=O)OC[C@@H]2O)OC(=O)c2cc(O)c(O)c(O)c2-4)[C@@H]1OC(=O)c1cc(O)c(O)c(O)c1)c1cc(O)c(O)c(O)c1. The summed E-state index contributed by atoms with van der Waals surface area (Å²) in [6, 6.07) is 3.68. The number of carbonyl (C=O) groups excluding carboxylic acids is 9. The predicted octanol–water partition coefficient (Wildman–Crippen LogP) is 2.45.